The van der Waals surface area contributed by atoms with Gasteiger partial charge in [-0.3, -0.25) is 0 Å². The van der Waals surface area contributed by atoms with E-state index in [0.717, 1.165) is 51.3 Å². The number of nitrogens with zero attached hydrogens (tertiary/aromatic N) is 5. The third-order valence-electron chi connectivity index (χ3n) is 10.5. The second-order valence-corrected chi connectivity index (χ2v) is 17.3. The first-order valence-corrected chi connectivity index (χ1v) is 21.8. The molecule has 0 radical (unpaired) electrons. The van der Waals surface area contributed by atoms with E-state index in [0.29, 0.717) is 17.1 Å². The van der Waals surface area contributed by atoms with E-state index in [-0.39, 0.29) is 31.7 Å². The molecular formula is C44H51FN5O6PS. The lowest BCUT2D eigenvalue weighted by molar-refractivity contribution is -0.0918. The van der Waals surface area contributed by atoms with Crippen molar-refractivity contribution >= 4 is 31.3 Å². The van der Waals surface area contributed by atoms with Crippen LogP contribution in [0, 0.1) is 11.3 Å². The molecule has 1 saturated heterocycles. The average Bonchev–Trinajstić information content (AvgIpc) is 3.67. The Kier molecular flexibility index (Phi) is 13.7. The highest BCUT2D eigenvalue weighted by Gasteiger charge is 2.51. The van der Waals surface area contributed by atoms with Gasteiger partial charge < -0.3 is 32.6 Å². The van der Waals surface area contributed by atoms with Gasteiger partial charge in [-0.15, -0.1) is 11.8 Å². The highest BCUT2D eigenvalue weighted by molar-refractivity contribution is 7.99. The van der Waals surface area contributed by atoms with Gasteiger partial charge in [-0.2, -0.15) is 5.26 Å². The number of alkyl halides is 1. The van der Waals surface area contributed by atoms with E-state index in [1.807, 2.05) is 89.6 Å². The monoisotopic (exact) mass is 827 g/mol. The summed E-state index contributed by atoms with van der Waals surface area (Å²) in [6, 6.07) is 27.7. The zero-order chi connectivity index (χ0) is 40.8. The minimum Gasteiger partial charge on any atom is -0.497 e. The Morgan fingerprint density at radius 3 is 2.19 bits per heavy atom. The Bertz CT molecular complexity index is 2100. The van der Waals surface area contributed by atoms with Crippen molar-refractivity contribution in [1.29, 1.82) is 5.26 Å². The predicted octanol–water partition coefficient (Wildman–Crippen LogP) is 9.39. The molecule has 2 aromatic heterocycles. The van der Waals surface area contributed by atoms with Crippen molar-refractivity contribution in [2.75, 3.05) is 33.2 Å². The maximum atomic E-state index is 17.7. The summed E-state index contributed by atoms with van der Waals surface area (Å²) in [6.45, 7) is 8.29. The smallest absolute Gasteiger partial charge is 0.259 e. The average molecular weight is 828 g/mol. The molecule has 0 spiro atoms. The van der Waals surface area contributed by atoms with Crippen LogP contribution in [0.5, 0.6) is 11.5 Å². The molecule has 14 heteroatoms. The van der Waals surface area contributed by atoms with E-state index in [9.17, 15) is 5.26 Å². The molecule has 5 atom stereocenters. The van der Waals surface area contributed by atoms with Crippen LogP contribution in [-0.4, -0.2) is 82.9 Å². The van der Waals surface area contributed by atoms with Crippen LogP contribution < -0.4 is 9.47 Å². The van der Waals surface area contributed by atoms with Crippen LogP contribution in [0.3, 0.4) is 0 Å². The highest BCUT2D eigenvalue weighted by Crippen LogP contribution is 2.52. The minimum absolute atomic E-state index is 0.00376. The fourth-order valence-corrected chi connectivity index (χ4v) is 10.6. The summed E-state index contributed by atoms with van der Waals surface area (Å²) in [5.41, 5.74) is 3.03. The van der Waals surface area contributed by atoms with Gasteiger partial charge in [0.1, 0.15) is 46.3 Å². The van der Waals surface area contributed by atoms with E-state index < -0.39 is 38.7 Å². The highest BCUT2D eigenvalue weighted by atomic mass is 32.2. The summed E-state index contributed by atoms with van der Waals surface area (Å²) in [4.78, 5) is 9.25. The molecule has 5 aromatic rings. The lowest BCUT2D eigenvalue weighted by Gasteiger charge is -2.39. The van der Waals surface area contributed by atoms with Gasteiger partial charge in [0.2, 0.25) is 0 Å². The molecule has 7 rings (SSSR count). The van der Waals surface area contributed by atoms with Crippen LogP contribution in [0.25, 0.3) is 11.0 Å². The van der Waals surface area contributed by atoms with Gasteiger partial charge in [0.25, 0.3) is 8.53 Å². The summed E-state index contributed by atoms with van der Waals surface area (Å²) in [5.74, 6) is 2.35. The molecular weight excluding hydrogens is 777 g/mol. The SMILES string of the molecule is COc1ccc(C(OC[C@H]2O[C@@H](n3cc4c5c(ncnc53)SCCC4)[C@H](F)[C@@H]2OP(OCCC#N)N(C(C)C)C(C)C)(c2ccccc2)c2ccc(OC)cc2)cc1. The lowest BCUT2D eigenvalue weighted by atomic mass is 9.80. The first-order valence-electron chi connectivity index (χ1n) is 19.7. The van der Waals surface area contributed by atoms with Crippen molar-refractivity contribution in [3.05, 3.63) is 114 Å². The number of hydrogen-bond acceptors (Lipinski definition) is 11. The molecule has 58 heavy (non-hydrogen) atoms. The number of aromatic nitrogens is 3. The second-order valence-electron chi connectivity index (χ2n) is 14.8. The molecule has 0 amide bonds. The first-order chi connectivity index (χ1) is 28.2. The van der Waals surface area contributed by atoms with Gasteiger partial charge in [0.15, 0.2) is 12.4 Å². The molecule has 1 fully saturated rings. The van der Waals surface area contributed by atoms with Gasteiger partial charge >= 0.3 is 0 Å². The summed E-state index contributed by atoms with van der Waals surface area (Å²) >= 11 is 1.69. The normalized spacial score (nSPS) is 20.1. The summed E-state index contributed by atoms with van der Waals surface area (Å²) in [5, 5.41) is 11.2. The van der Waals surface area contributed by atoms with E-state index >= 15 is 4.39 Å². The van der Waals surface area contributed by atoms with Gasteiger partial charge in [0, 0.05) is 18.3 Å². The Labute approximate surface area is 345 Å². The maximum absolute atomic E-state index is 17.7. The fraction of sp³-hybridized carbons (Fsp3) is 0.432. The van der Waals surface area contributed by atoms with Crippen LogP contribution in [0.4, 0.5) is 4.39 Å². The third kappa shape index (κ3) is 8.48. The maximum Gasteiger partial charge on any atom is 0.259 e. The molecule has 0 bridgehead atoms. The molecule has 0 N–H and O–H groups in total. The van der Waals surface area contributed by atoms with Crippen molar-refractivity contribution in [3.63, 3.8) is 0 Å². The number of aryl methyl sites for hydroxylation is 1. The quantitative estimate of drug-likeness (QED) is 0.0387. The van der Waals surface area contributed by atoms with Crippen LogP contribution in [0.2, 0.25) is 0 Å². The summed E-state index contributed by atoms with van der Waals surface area (Å²) in [7, 11) is 1.43. The molecule has 11 nitrogen and oxygen atoms in total. The fourth-order valence-electron chi connectivity index (χ4n) is 7.91. The molecule has 0 aliphatic carbocycles. The van der Waals surface area contributed by atoms with Crippen LogP contribution >= 0.6 is 20.3 Å². The van der Waals surface area contributed by atoms with Crippen molar-refractivity contribution in [2.45, 2.75) is 94.3 Å². The Balaban J connectivity index is 1.34. The zero-order valence-electron chi connectivity index (χ0n) is 33.8. The van der Waals surface area contributed by atoms with Crippen LogP contribution in [0.15, 0.2) is 96.4 Å². The van der Waals surface area contributed by atoms with Gasteiger partial charge in [0.05, 0.1) is 45.3 Å². The van der Waals surface area contributed by atoms with Gasteiger partial charge in [-0.1, -0.05) is 54.6 Å². The number of ether oxygens (including phenoxy) is 4. The number of rotatable bonds is 17. The molecule has 2 aliphatic rings. The van der Waals surface area contributed by atoms with E-state index in [4.69, 9.17) is 28.0 Å². The Morgan fingerprint density at radius 2 is 1.59 bits per heavy atom. The second kappa shape index (κ2) is 18.9. The molecule has 2 aliphatic heterocycles. The van der Waals surface area contributed by atoms with Gasteiger partial charge in [-0.25, -0.2) is 19.0 Å². The van der Waals surface area contributed by atoms with Crippen LogP contribution in [-0.2, 0) is 30.5 Å². The number of thioether (sulfide) groups is 1. The standard InChI is InChI=1S/C44H51FN5O6PS/c1-29(2)50(30(3)4)57(54-24-11-23-46)56-40-37(55-43(39(40)45)49-26-31-12-10-25-58-42-38(31)41(49)47-28-48-42)27-53-44(32-13-8-7-9-14-32,33-15-19-35(51-5)20-16-33)34-17-21-36(52-6)22-18-34/h7-9,13-22,26,28-30,37,39-40,43H,10-12,24-25,27H2,1-6H3/t37-,39-,40-,43-,57?/m1/s1. The number of benzene rings is 3. The molecule has 4 heterocycles. The number of nitriles is 1. The summed E-state index contributed by atoms with van der Waals surface area (Å²) < 4.78 is 60.0. The third-order valence-corrected chi connectivity index (χ3v) is 13.7. The van der Waals surface area contributed by atoms with Crippen molar-refractivity contribution < 1.29 is 32.4 Å². The van der Waals surface area contributed by atoms with Crippen LogP contribution in [0.1, 0.15) is 69.0 Å². The zero-order valence-corrected chi connectivity index (χ0v) is 35.5. The lowest BCUT2D eigenvalue weighted by Crippen LogP contribution is -2.41. The first kappa shape index (κ1) is 42.0. The minimum atomic E-state index is -1.84. The topological polar surface area (TPSA) is 113 Å². The molecule has 306 valence electrons. The van der Waals surface area contributed by atoms with Crippen molar-refractivity contribution in [3.8, 4) is 17.6 Å². The molecule has 0 saturated carbocycles. The predicted molar refractivity (Wildman–Crippen MR) is 224 cm³/mol. The molecule has 1 unspecified atom stereocenters. The number of halogens is 1. The number of hydrogen-bond donors (Lipinski definition) is 0. The largest absolute Gasteiger partial charge is 0.497 e. The van der Waals surface area contributed by atoms with E-state index in [2.05, 4.69) is 48.4 Å². The van der Waals surface area contributed by atoms with Crippen molar-refractivity contribution in [1.82, 2.24) is 19.2 Å². The molecule has 3 aromatic carbocycles. The Hall–Kier alpha value is -4.12. The van der Waals surface area contributed by atoms with Crippen molar-refractivity contribution in [2.24, 2.45) is 0 Å². The van der Waals surface area contributed by atoms with Gasteiger partial charge in [-0.05, 0) is 92.8 Å². The van der Waals surface area contributed by atoms with E-state index in [1.54, 1.807) is 26.0 Å². The van der Waals surface area contributed by atoms with E-state index in [1.165, 1.54) is 6.33 Å². The Morgan fingerprint density at radius 1 is 0.948 bits per heavy atom. The summed E-state index contributed by atoms with van der Waals surface area (Å²) in [6.07, 6.45) is 0.706. The number of methoxy groups -OCH3 is 2.